The van der Waals surface area contributed by atoms with Gasteiger partial charge < -0.3 is 20.7 Å². The average Bonchev–Trinajstić information content (AvgIpc) is 2.42. The topological polar surface area (TPSA) is 74.8 Å². The van der Waals surface area contributed by atoms with Crippen LogP contribution in [0.3, 0.4) is 0 Å². The lowest BCUT2D eigenvalue weighted by Gasteiger charge is -2.22. The minimum atomic E-state index is -0.365. The van der Waals surface area contributed by atoms with E-state index >= 15 is 0 Å². The number of hydrogen-bond acceptors (Lipinski definition) is 4. The average molecular weight is 318 g/mol. The maximum atomic E-state index is 11.6. The van der Waals surface area contributed by atoms with E-state index in [0.29, 0.717) is 19.1 Å². The molecule has 0 aliphatic carbocycles. The number of ether oxygens (including phenoxy) is 1. The van der Waals surface area contributed by atoms with Gasteiger partial charge in [0.15, 0.2) is 5.96 Å². The molecule has 0 radical (unpaired) electrons. The summed E-state index contributed by atoms with van der Waals surface area (Å²) in [4.78, 5) is 15.7. The Hall–Kier alpha value is -1.11. The number of nitrogens with zero attached hydrogens (tertiary/aromatic N) is 1. The van der Waals surface area contributed by atoms with Crippen molar-refractivity contribution < 1.29 is 9.53 Å². The third-order valence-corrected chi connectivity index (χ3v) is 3.30. The van der Waals surface area contributed by atoms with E-state index in [0.717, 1.165) is 24.7 Å². The first-order valence-corrected chi connectivity index (χ1v) is 8.79. The molecule has 0 fully saturated rings. The first kappa shape index (κ1) is 19.9. The smallest absolute Gasteiger partial charge is 0.407 e. The van der Waals surface area contributed by atoms with E-state index < -0.39 is 0 Å². The van der Waals surface area contributed by atoms with Crippen LogP contribution in [0.2, 0.25) is 0 Å². The Morgan fingerprint density at radius 1 is 1.33 bits per heavy atom. The van der Waals surface area contributed by atoms with Gasteiger partial charge >= 0.3 is 6.09 Å². The number of amides is 1. The molecule has 0 saturated carbocycles. The summed E-state index contributed by atoms with van der Waals surface area (Å²) in [6.45, 7) is 7.92. The lowest BCUT2D eigenvalue weighted by molar-refractivity contribution is 0.146. The first-order valence-electron chi connectivity index (χ1n) is 7.40. The Kier molecular flexibility index (Phi) is 12.0. The number of nitrogens with one attached hydrogen (secondary N) is 3. The molecule has 7 heteroatoms. The molecule has 124 valence electrons. The summed E-state index contributed by atoms with van der Waals surface area (Å²) in [5.41, 5.74) is 0. The molecule has 3 N–H and O–H groups in total. The standard InChI is InChI=1S/C14H30N4O2S/c1-6-20-14(19)18-12(9-11(2)3)10-17-13(15-4)16-7-8-21-5/h11-12H,6-10H2,1-5H3,(H,18,19)(H2,15,16,17). The lowest BCUT2D eigenvalue weighted by Crippen LogP contribution is -2.48. The molecule has 1 amide bonds. The van der Waals surface area contributed by atoms with E-state index in [9.17, 15) is 4.79 Å². The quantitative estimate of drug-likeness (QED) is 0.343. The summed E-state index contributed by atoms with van der Waals surface area (Å²) in [5, 5.41) is 9.36. The predicted octanol–water partition coefficient (Wildman–Crippen LogP) is 1.68. The molecule has 0 bridgehead atoms. The third-order valence-electron chi connectivity index (χ3n) is 2.69. The van der Waals surface area contributed by atoms with Crippen LogP contribution in [0.15, 0.2) is 4.99 Å². The van der Waals surface area contributed by atoms with Crippen molar-refractivity contribution >= 4 is 23.8 Å². The Morgan fingerprint density at radius 2 is 2.05 bits per heavy atom. The molecule has 0 aromatic heterocycles. The molecule has 0 aromatic rings. The van der Waals surface area contributed by atoms with Crippen LogP contribution in [0.1, 0.15) is 27.2 Å². The molecule has 1 unspecified atom stereocenters. The molecule has 0 aliphatic heterocycles. The van der Waals surface area contributed by atoms with Gasteiger partial charge in [0.25, 0.3) is 0 Å². The fourth-order valence-corrected chi connectivity index (χ4v) is 2.12. The molecule has 0 spiro atoms. The molecule has 0 heterocycles. The number of aliphatic imine (C=N–C) groups is 1. The van der Waals surface area contributed by atoms with Crippen molar-refractivity contribution in [1.29, 1.82) is 0 Å². The van der Waals surface area contributed by atoms with Crippen molar-refractivity contribution in [3.05, 3.63) is 0 Å². The van der Waals surface area contributed by atoms with Gasteiger partial charge in [-0.25, -0.2) is 4.79 Å². The molecule has 1 atom stereocenters. The second-order valence-electron chi connectivity index (χ2n) is 5.06. The van der Waals surface area contributed by atoms with Crippen LogP contribution >= 0.6 is 11.8 Å². The fraction of sp³-hybridized carbons (Fsp3) is 0.857. The zero-order chi connectivity index (χ0) is 16.1. The Morgan fingerprint density at radius 3 is 2.57 bits per heavy atom. The van der Waals surface area contributed by atoms with Gasteiger partial charge in [0.2, 0.25) is 0 Å². The number of carbonyl (C=O) groups excluding carboxylic acids is 1. The summed E-state index contributed by atoms with van der Waals surface area (Å²) >= 11 is 1.78. The van der Waals surface area contributed by atoms with Crippen molar-refractivity contribution in [2.75, 3.05) is 38.8 Å². The van der Waals surface area contributed by atoms with Crippen LogP contribution in [0.25, 0.3) is 0 Å². The van der Waals surface area contributed by atoms with Crippen molar-refractivity contribution in [2.24, 2.45) is 10.9 Å². The van der Waals surface area contributed by atoms with Gasteiger partial charge in [0.1, 0.15) is 0 Å². The highest BCUT2D eigenvalue weighted by Crippen LogP contribution is 2.04. The van der Waals surface area contributed by atoms with Crippen molar-refractivity contribution in [1.82, 2.24) is 16.0 Å². The molecule has 0 rings (SSSR count). The van der Waals surface area contributed by atoms with Gasteiger partial charge in [-0.2, -0.15) is 11.8 Å². The number of alkyl carbamates (subject to hydrolysis) is 1. The summed E-state index contributed by atoms with van der Waals surface area (Å²) < 4.78 is 4.94. The van der Waals surface area contributed by atoms with Crippen LogP contribution in [0.4, 0.5) is 4.79 Å². The van der Waals surface area contributed by atoms with E-state index in [4.69, 9.17) is 4.74 Å². The fourth-order valence-electron chi connectivity index (χ4n) is 1.81. The molecule has 0 aromatic carbocycles. The minimum Gasteiger partial charge on any atom is -0.450 e. The van der Waals surface area contributed by atoms with E-state index in [1.807, 2.05) is 0 Å². The van der Waals surface area contributed by atoms with E-state index in [-0.39, 0.29) is 12.1 Å². The lowest BCUT2D eigenvalue weighted by atomic mass is 10.0. The van der Waals surface area contributed by atoms with Crippen LogP contribution in [-0.4, -0.2) is 56.8 Å². The second-order valence-corrected chi connectivity index (χ2v) is 6.05. The molecule has 0 aliphatic rings. The molecular formula is C14H30N4O2S. The highest BCUT2D eigenvalue weighted by atomic mass is 32.2. The maximum Gasteiger partial charge on any atom is 0.407 e. The maximum absolute atomic E-state index is 11.6. The van der Waals surface area contributed by atoms with Crippen LogP contribution in [0, 0.1) is 5.92 Å². The van der Waals surface area contributed by atoms with E-state index in [2.05, 4.69) is 41.0 Å². The molecule has 0 saturated heterocycles. The Labute approximate surface area is 132 Å². The van der Waals surface area contributed by atoms with Gasteiger partial charge in [0.05, 0.1) is 6.61 Å². The van der Waals surface area contributed by atoms with Gasteiger partial charge in [-0.1, -0.05) is 13.8 Å². The Bertz CT molecular complexity index is 311. The Balaban J connectivity index is 4.28. The molecular weight excluding hydrogens is 288 g/mol. The summed E-state index contributed by atoms with van der Waals surface area (Å²) in [5.74, 6) is 2.27. The monoisotopic (exact) mass is 318 g/mol. The third kappa shape index (κ3) is 11.2. The zero-order valence-electron chi connectivity index (χ0n) is 13.9. The highest BCUT2D eigenvalue weighted by Gasteiger charge is 2.15. The number of hydrogen-bond donors (Lipinski definition) is 3. The summed E-state index contributed by atoms with van der Waals surface area (Å²) in [7, 11) is 1.74. The molecule has 21 heavy (non-hydrogen) atoms. The summed E-state index contributed by atoms with van der Waals surface area (Å²) in [6, 6.07) is 0.0168. The van der Waals surface area contributed by atoms with Crippen LogP contribution < -0.4 is 16.0 Å². The highest BCUT2D eigenvalue weighted by molar-refractivity contribution is 7.98. The normalized spacial score (nSPS) is 13.0. The van der Waals surface area contributed by atoms with Crippen molar-refractivity contribution in [3.63, 3.8) is 0 Å². The van der Waals surface area contributed by atoms with Crippen molar-refractivity contribution in [3.8, 4) is 0 Å². The number of carbonyl (C=O) groups is 1. The first-order chi connectivity index (χ1) is 10.0. The minimum absolute atomic E-state index is 0.0168. The van der Waals surface area contributed by atoms with Crippen LogP contribution in [-0.2, 0) is 4.74 Å². The number of rotatable bonds is 9. The molecule has 6 nitrogen and oxygen atoms in total. The van der Waals surface area contributed by atoms with Gasteiger partial charge in [0, 0.05) is 31.9 Å². The van der Waals surface area contributed by atoms with Gasteiger partial charge in [-0.15, -0.1) is 0 Å². The van der Waals surface area contributed by atoms with E-state index in [1.54, 1.807) is 25.7 Å². The largest absolute Gasteiger partial charge is 0.450 e. The van der Waals surface area contributed by atoms with Crippen molar-refractivity contribution in [2.45, 2.75) is 33.2 Å². The summed E-state index contributed by atoms with van der Waals surface area (Å²) in [6.07, 6.45) is 2.59. The second kappa shape index (κ2) is 12.6. The zero-order valence-corrected chi connectivity index (χ0v) is 14.7. The SMILES string of the molecule is CCOC(=O)NC(CNC(=NC)NCCSC)CC(C)C. The van der Waals surface area contributed by atoms with Gasteiger partial charge in [-0.05, 0) is 25.5 Å². The van der Waals surface area contributed by atoms with Crippen LogP contribution in [0.5, 0.6) is 0 Å². The van der Waals surface area contributed by atoms with Gasteiger partial charge in [-0.3, -0.25) is 4.99 Å². The van der Waals surface area contributed by atoms with E-state index in [1.165, 1.54) is 0 Å². The number of thioether (sulfide) groups is 1. The predicted molar refractivity (Wildman–Crippen MR) is 91.1 cm³/mol. The number of guanidine groups is 1.